The summed E-state index contributed by atoms with van der Waals surface area (Å²) in [6.45, 7) is 2.65. The van der Waals surface area contributed by atoms with Crippen LogP contribution >= 0.6 is 0 Å². The van der Waals surface area contributed by atoms with Gasteiger partial charge in [0.25, 0.3) is 0 Å². The summed E-state index contributed by atoms with van der Waals surface area (Å²) in [6.07, 6.45) is -0.589. The van der Waals surface area contributed by atoms with Crippen LogP contribution in [0.3, 0.4) is 0 Å². The Morgan fingerprint density at radius 2 is 1.86 bits per heavy atom. The molecule has 1 aliphatic rings. The van der Waals surface area contributed by atoms with Gasteiger partial charge in [0.1, 0.15) is 6.10 Å². The number of methoxy groups -OCH3 is 2. The van der Waals surface area contributed by atoms with Gasteiger partial charge in [0.2, 0.25) is 5.91 Å². The largest absolute Gasteiger partial charge is 0.493 e. The van der Waals surface area contributed by atoms with Crippen molar-refractivity contribution in [3.8, 4) is 11.5 Å². The lowest BCUT2D eigenvalue weighted by Crippen LogP contribution is -2.35. The quantitative estimate of drug-likeness (QED) is 0.794. The van der Waals surface area contributed by atoms with Crippen LogP contribution in [0.4, 0.5) is 10.5 Å². The first-order chi connectivity index (χ1) is 13.5. The normalized spacial score (nSPS) is 15.9. The molecule has 2 aromatic carbocycles. The number of rotatable bonds is 7. The predicted octanol–water partition coefficient (Wildman–Crippen LogP) is 2.70. The SMILES string of the molecule is COc1ccc(CC(=O)NCC2CN(c3ccc(C)cc3)C(=O)O2)cc1OC. The van der Waals surface area contributed by atoms with Gasteiger partial charge in [-0.1, -0.05) is 23.8 Å². The number of anilines is 1. The van der Waals surface area contributed by atoms with Crippen LogP contribution < -0.4 is 19.7 Å². The highest BCUT2D eigenvalue weighted by molar-refractivity contribution is 5.89. The van der Waals surface area contributed by atoms with Crippen molar-refractivity contribution in [3.05, 3.63) is 53.6 Å². The maximum absolute atomic E-state index is 12.3. The molecule has 0 radical (unpaired) electrons. The van der Waals surface area contributed by atoms with Crippen molar-refractivity contribution in [3.63, 3.8) is 0 Å². The summed E-state index contributed by atoms with van der Waals surface area (Å²) in [7, 11) is 3.11. The molecule has 1 aliphatic heterocycles. The topological polar surface area (TPSA) is 77.1 Å². The van der Waals surface area contributed by atoms with Crippen molar-refractivity contribution < 1.29 is 23.8 Å². The van der Waals surface area contributed by atoms with Crippen LogP contribution in [0.1, 0.15) is 11.1 Å². The lowest BCUT2D eigenvalue weighted by atomic mass is 10.1. The number of amides is 2. The van der Waals surface area contributed by atoms with E-state index < -0.39 is 6.09 Å². The summed E-state index contributed by atoms with van der Waals surface area (Å²) in [5, 5.41) is 2.83. The van der Waals surface area contributed by atoms with Crippen LogP contribution in [0.2, 0.25) is 0 Å². The summed E-state index contributed by atoms with van der Waals surface area (Å²) >= 11 is 0. The third-order valence-corrected chi connectivity index (χ3v) is 4.56. The van der Waals surface area contributed by atoms with E-state index in [9.17, 15) is 9.59 Å². The minimum absolute atomic E-state index is 0.156. The summed E-state index contributed by atoms with van der Waals surface area (Å²) < 4.78 is 15.8. The molecule has 148 valence electrons. The maximum atomic E-state index is 12.3. The lowest BCUT2D eigenvalue weighted by molar-refractivity contribution is -0.120. The highest BCUT2D eigenvalue weighted by Gasteiger charge is 2.32. The Morgan fingerprint density at radius 3 is 2.54 bits per heavy atom. The molecule has 1 saturated heterocycles. The molecule has 0 bridgehead atoms. The monoisotopic (exact) mass is 384 g/mol. The zero-order valence-electron chi connectivity index (χ0n) is 16.2. The Morgan fingerprint density at radius 1 is 1.14 bits per heavy atom. The molecule has 2 amide bonds. The predicted molar refractivity (Wildman–Crippen MR) is 105 cm³/mol. The van der Waals surface area contributed by atoms with Gasteiger partial charge in [0, 0.05) is 5.69 Å². The molecule has 3 rings (SSSR count). The van der Waals surface area contributed by atoms with E-state index in [0.29, 0.717) is 18.0 Å². The number of cyclic esters (lactones) is 1. The second-order valence-corrected chi connectivity index (χ2v) is 6.62. The molecule has 1 N–H and O–H groups in total. The highest BCUT2D eigenvalue weighted by Crippen LogP contribution is 2.27. The van der Waals surface area contributed by atoms with Crippen molar-refractivity contribution in [1.29, 1.82) is 0 Å². The zero-order valence-corrected chi connectivity index (χ0v) is 16.2. The van der Waals surface area contributed by atoms with Crippen LogP contribution in [0.15, 0.2) is 42.5 Å². The molecule has 7 nitrogen and oxygen atoms in total. The summed E-state index contributed by atoms with van der Waals surface area (Å²) in [5.74, 6) is 1.03. The minimum Gasteiger partial charge on any atom is -0.493 e. The number of carbonyl (C=O) groups excluding carboxylic acids is 2. The van der Waals surface area contributed by atoms with E-state index in [4.69, 9.17) is 14.2 Å². The number of aryl methyl sites for hydroxylation is 1. The number of hydrogen-bond acceptors (Lipinski definition) is 5. The molecule has 7 heteroatoms. The summed E-state index contributed by atoms with van der Waals surface area (Å²) in [5.41, 5.74) is 2.71. The third kappa shape index (κ3) is 4.54. The van der Waals surface area contributed by atoms with Crippen LogP contribution in [0.25, 0.3) is 0 Å². The van der Waals surface area contributed by atoms with Gasteiger partial charge < -0.3 is 19.5 Å². The molecule has 0 aromatic heterocycles. The fourth-order valence-corrected chi connectivity index (χ4v) is 3.03. The van der Waals surface area contributed by atoms with E-state index >= 15 is 0 Å². The third-order valence-electron chi connectivity index (χ3n) is 4.56. The molecular weight excluding hydrogens is 360 g/mol. The Balaban J connectivity index is 1.52. The molecule has 1 heterocycles. The Kier molecular flexibility index (Phi) is 6.03. The molecule has 2 aromatic rings. The summed E-state index contributed by atoms with van der Waals surface area (Å²) in [4.78, 5) is 25.9. The molecule has 1 unspecified atom stereocenters. The Hall–Kier alpha value is -3.22. The van der Waals surface area contributed by atoms with E-state index in [1.807, 2.05) is 37.3 Å². The first-order valence-electron chi connectivity index (χ1n) is 9.02. The fraction of sp³-hybridized carbons (Fsp3) is 0.333. The zero-order chi connectivity index (χ0) is 20.1. The van der Waals surface area contributed by atoms with E-state index in [1.165, 1.54) is 0 Å². The van der Waals surface area contributed by atoms with Gasteiger partial charge in [-0.3, -0.25) is 9.69 Å². The Bertz CT molecular complexity index is 850. The van der Waals surface area contributed by atoms with Gasteiger partial charge in [-0.25, -0.2) is 4.79 Å². The van der Waals surface area contributed by atoms with E-state index in [0.717, 1.165) is 16.8 Å². The second kappa shape index (κ2) is 8.65. The maximum Gasteiger partial charge on any atom is 0.414 e. The van der Waals surface area contributed by atoms with Crippen LogP contribution in [0.5, 0.6) is 11.5 Å². The number of nitrogens with one attached hydrogen (secondary N) is 1. The van der Waals surface area contributed by atoms with Gasteiger partial charge in [0.05, 0.1) is 33.7 Å². The lowest BCUT2D eigenvalue weighted by Gasteiger charge is -2.13. The first kappa shape index (κ1) is 19.5. The molecular formula is C21H24N2O5. The van der Waals surface area contributed by atoms with Gasteiger partial charge in [0.15, 0.2) is 11.5 Å². The summed E-state index contributed by atoms with van der Waals surface area (Å²) in [6, 6.07) is 13.0. The van der Waals surface area contributed by atoms with Gasteiger partial charge in [-0.05, 0) is 36.8 Å². The molecule has 1 fully saturated rings. The number of ether oxygens (including phenoxy) is 3. The molecule has 0 aliphatic carbocycles. The minimum atomic E-state index is -0.400. The molecule has 0 spiro atoms. The fourth-order valence-electron chi connectivity index (χ4n) is 3.03. The van der Waals surface area contributed by atoms with Crippen molar-refractivity contribution >= 4 is 17.7 Å². The average Bonchev–Trinajstić information content (AvgIpc) is 3.07. The van der Waals surface area contributed by atoms with Gasteiger partial charge >= 0.3 is 6.09 Å². The van der Waals surface area contributed by atoms with Gasteiger partial charge in [-0.2, -0.15) is 0 Å². The number of benzene rings is 2. The van der Waals surface area contributed by atoms with E-state index in [1.54, 1.807) is 31.3 Å². The van der Waals surface area contributed by atoms with Crippen molar-refractivity contribution in [2.75, 3.05) is 32.2 Å². The molecule has 28 heavy (non-hydrogen) atoms. The smallest absolute Gasteiger partial charge is 0.414 e. The second-order valence-electron chi connectivity index (χ2n) is 6.62. The van der Waals surface area contributed by atoms with Crippen molar-refractivity contribution in [2.45, 2.75) is 19.4 Å². The van der Waals surface area contributed by atoms with E-state index in [-0.39, 0.29) is 25.0 Å². The van der Waals surface area contributed by atoms with Gasteiger partial charge in [-0.15, -0.1) is 0 Å². The number of nitrogens with zero attached hydrogens (tertiary/aromatic N) is 1. The molecule has 0 saturated carbocycles. The Labute approximate surface area is 164 Å². The van der Waals surface area contributed by atoms with Crippen molar-refractivity contribution in [2.24, 2.45) is 0 Å². The van der Waals surface area contributed by atoms with Crippen molar-refractivity contribution in [1.82, 2.24) is 5.32 Å². The standard InChI is InChI=1S/C21H24N2O5/c1-14-4-7-16(8-5-14)23-13-17(28-21(23)25)12-22-20(24)11-15-6-9-18(26-2)19(10-15)27-3/h4-10,17H,11-13H2,1-3H3,(H,22,24). The average molecular weight is 384 g/mol. The van der Waals surface area contributed by atoms with E-state index in [2.05, 4.69) is 5.32 Å². The van der Waals surface area contributed by atoms with Crippen LogP contribution in [-0.2, 0) is 16.0 Å². The van der Waals surface area contributed by atoms with Crippen LogP contribution in [-0.4, -0.2) is 45.4 Å². The van der Waals surface area contributed by atoms with Crippen LogP contribution in [0, 0.1) is 6.92 Å². The first-order valence-corrected chi connectivity index (χ1v) is 9.02. The number of carbonyl (C=O) groups is 2. The number of hydrogen-bond donors (Lipinski definition) is 1. The highest BCUT2D eigenvalue weighted by atomic mass is 16.6. The molecule has 1 atom stereocenters.